The minimum atomic E-state index is -4.46. The Labute approximate surface area is 123 Å². The van der Waals surface area contributed by atoms with Crippen molar-refractivity contribution in [2.75, 3.05) is 0 Å². The fourth-order valence-corrected chi connectivity index (χ4v) is 2.70. The summed E-state index contributed by atoms with van der Waals surface area (Å²) in [5.74, 6) is 0. The SMILES string of the molecule is O=S(=O)([O-])c1cc(Br)cc2cnccc12.[Na+]. The van der Waals surface area contributed by atoms with Gasteiger partial charge in [0.25, 0.3) is 0 Å². The Morgan fingerprint density at radius 3 is 2.62 bits per heavy atom. The van der Waals surface area contributed by atoms with E-state index in [0.717, 1.165) is 0 Å². The average Bonchev–Trinajstić information content (AvgIpc) is 2.15. The molecule has 16 heavy (non-hydrogen) atoms. The summed E-state index contributed by atoms with van der Waals surface area (Å²) >= 11 is 3.14. The fourth-order valence-electron chi connectivity index (χ4n) is 1.35. The van der Waals surface area contributed by atoms with Gasteiger partial charge in [-0.2, -0.15) is 0 Å². The molecule has 0 spiro atoms. The van der Waals surface area contributed by atoms with E-state index < -0.39 is 10.1 Å². The average molecular weight is 310 g/mol. The van der Waals surface area contributed by atoms with Crippen LogP contribution in [0.15, 0.2) is 40.0 Å². The van der Waals surface area contributed by atoms with E-state index in [-0.39, 0.29) is 34.5 Å². The van der Waals surface area contributed by atoms with Crippen molar-refractivity contribution in [1.82, 2.24) is 4.98 Å². The molecular weight excluding hydrogens is 305 g/mol. The second-order valence-corrected chi connectivity index (χ2v) is 5.22. The van der Waals surface area contributed by atoms with Crippen molar-refractivity contribution in [1.29, 1.82) is 0 Å². The monoisotopic (exact) mass is 309 g/mol. The largest absolute Gasteiger partial charge is 1.00 e. The number of aromatic nitrogens is 1. The number of rotatable bonds is 1. The molecule has 0 bridgehead atoms. The maximum Gasteiger partial charge on any atom is 1.00 e. The van der Waals surface area contributed by atoms with E-state index in [1.54, 1.807) is 6.07 Å². The number of halogens is 1. The van der Waals surface area contributed by atoms with E-state index in [1.165, 1.54) is 24.5 Å². The van der Waals surface area contributed by atoms with Crippen LogP contribution in [0.2, 0.25) is 0 Å². The van der Waals surface area contributed by atoms with Crippen molar-refractivity contribution in [2.45, 2.75) is 4.90 Å². The number of nitrogens with zero attached hydrogens (tertiary/aromatic N) is 1. The number of benzene rings is 1. The van der Waals surface area contributed by atoms with Gasteiger partial charge in [-0.3, -0.25) is 4.98 Å². The molecule has 1 aromatic heterocycles. The molecule has 0 N–H and O–H groups in total. The fraction of sp³-hybridized carbons (Fsp3) is 0. The summed E-state index contributed by atoms with van der Waals surface area (Å²) in [4.78, 5) is 3.63. The van der Waals surface area contributed by atoms with Gasteiger partial charge in [-0.25, -0.2) is 8.42 Å². The molecule has 1 aromatic carbocycles. The molecule has 0 amide bonds. The smallest absolute Gasteiger partial charge is 0.744 e. The van der Waals surface area contributed by atoms with E-state index >= 15 is 0 Å². The maximum absolute atomic E-state index is 11.0. The van der Waals surface area contributed by atoms with Crippen LogP contribution in [-0.2, 0) is 10.1 Å². The standard InChI is InChI=1S/C9H6BrNO3S.Na/c10-7-3-6-5-11-2-1-8(6)9(4-7)15(12,13)14;/h1-5H,(H,12,13,14);/q;+1/p-1. The van der Waals surface area contributed by atoms with Crippen LogP contribution in [0, 0.1) is 0 Å². The van der Waals surface area contributed by atoms with Gasteiger partial charge in [0.15, 0.2) is 0 Å². The van der Waals surface area contributed by atoms with E-state index in [9.17, 15) is 13.0 Å². The van der Waals surface area contributed by atoms with Gasteiger partial charge in [0.1, 0.15) is 10.1 Å². The van der Waals surface area contributed by atoms with Crippen molar-refractivity contribution in [3.63, 3.8) is 0 Å². The first-order valence-electron chi connectivity index (χ1n) is 3.97. The van der Waals surface area contributed by atoms with E-state index in [0.29, 0.717) is 15.2 Å². The quantitative estimate of drug-likeness (QED) is 0.495. The molecule has 0 atom stereocenters. The summed E-state index contributed by atoms with van der Waals surface area (Å²) in [6.07, 6.45) is 2.96. The topological polar surface area (TPSA) is 70.1 Å². The van der Waals surface area contributed by atoms with Gasteiger partial charge in [-0.1, -0.05) is 15.9 Å². The van der Waals surface area contributed by atoms with Gasteiger partial charge in [-0.15, -0.1) is 0 Å². The molecule has 1 heterocycles. The maximum atomic E-state index is 11.0. The summed E-state index contributed by atoms with van der Waals surface area (Å²) in [6, 6.07) is 4.51. The molecule has 2 rings (SSSR count). The molecule has 4 nitrogen and oxygen atoms in total. The number of fused-ring (bicyclic) bond motifs is 1. The Kier molecular flexibility index (Phi) is 4.50. The van der Waals surface area contributed by atoms with E-state index in [2.05, 4.69) is 20.9 Å². The van der Waals surface area contributed by atoms with Crippen LogP contribution < -0.4 is 29.6 Å². The molecule has 78 valence electrons. The summed E-state index contributed by atoms with van der Waals surface area (Å²) in [6.45, 7) is 0. The first-order chi connectivity index (χ1) is 6.98. The van der Waals surface area contributed by atoms with Crippen molar-refractivity contribution >= 4 is 36.8 Å². The first kappa shape index (κ1) is 14.1. The predicted octanol–water partition coefficient (Wildman–Crippen LogP) is -1.09. The Hall–Kier alpha value is 0.0200. The van der Waals surface area contributed by atoms with Crippen molar-refractivity contribution in [3.05, 3.63) is 35.1 Å². The van der Waals surface area contributed by atoms with Crippen LogP contribution in [0.3, 0.4) is 0 Å². The summed E-state index contributed by atoms with van der Waals surface area (Å²) in [5.41, 5.74) is 0. The molecule has 0 aliphatic rings. The predicted molar refractivity (Wildman–Crippen MR) is 57.4 cm³/mol. The molecule has 0 saturated heterocycles. The van der Waals surface area contributed by atoms with Crippen molar-refractivity contribution in [2.24, 2.45) is 0 Å². The molecule has 0 radical (unpaired) electrons. The summed E-state index contributed by atoms with van der Waals surface area (Å²) < 4.78 is 33.5. The molecule has 2 aromatic rings. The van der Waals surface area contributed by atoms with Crippen LogP contribution in [0.5, 0.6) is 0 Å². The van der Waals surface area contributed by atoms with Crippen molar-refractivity contribution < 1.29 is 42.5 Å². The molecule has 0 unspecified atom stereocenters. The third kappa shape index (κ3) is 2.82. The molecule has 0 saturated carbocycles. The molecule has 0 aliphatic carbocycles. The zero-order chi connectivity index (χ0) is 11.1. The number of hydrogen-bond acceptors (Lipinski definition) is 4. The van der Waals surface area contributed by atoms with Gasteiger partial charge in [-0.05, 0) is 18.2 Å². The van der Waals surface area contributed by atoms with Crippen LogP contribution in [0.1, 0.15) is 0 Å². The van der Waals surface area contributed by atoms with Gasteiger partial charge in [0.05, 0.1) is 4.90 Å². The third-order valence-electron chi connectivity index (χ3n) is 1.95. The van der Waals surface area contributed by atoms with Crippen LogP contribution in [0.25, 0.3) is 10.8 Å². The Morgan fingerprint density at radius 1 is 1.31 bits per heavy atom. The van der Waals surface area contributed by atoms with Gasteiger partial charge < -0.3 is 4.55 Å². The Balaban J connectivity index is 0.00000128. The second kappa shape index (κ2) is 5.12. The Morgan fingerprint density at radius 2 is 2.00 bits per heavy atom. The van der Waals surface area contributed by atoms with Crippen LogP contribution in [-0.4, -0.2) is 18.0 Å². The molecule has 7 heteroatoms. The van der Waals surface area contributed by atoms with Gasteiger partial charge in [0, 0.05) is 27.6 Å². The number of pyridine rings is 1. The summed E-state index contributed by atoms with van der Waals surface area (Å²) in [5, 5.41) is 1.00. The molecule has 0 fully saturated rings. The normalized spacial score (nSPS) is 11.1. The van der Waals surface area contributed by atoms with Gasteiger partial charge in [0.2, 0.25) is 0 Å². The molecule has 0 aliphatic heterocycles. The minimum absolute atomic E-state index is 0. The molecular formula is C9H5BrNNaO3S. The van der Waals surface area contributed by atoms with Crippen molar-refractivity contribution in [3.8, 4) is 0 Å². The zero-order valence-electron chi connectivity index (χ0n) is 8.34. The second-order valence-electron chi connectivity index (χ2n) is 2.95. The van der Waals surface area contributed by atoms with Crippen LogP contribution >= 0.6 is 15.9 Å². The minimum Gasteiger partial charge on any atom is -0.744 e. The summed E-state index contributed by atoms with van der Waals surface area (Å²) in [7, 11) is -4.46. The third-order valence-corrected chi connectivity index (χ3v) is 3.28. The van der Waals surface area contributed by atoms with Gasteiger partial charge >= 0.3 is 29.6 Å². The zero-order valence-corrected chi connectivity index (χ0v) is 12.7. The van der Waals surface area contributed by atoms with E-state index in [4.69, 9.17) is 0 Å². The van der Waals surface area contributed by atoms with Crippen LogP contribution in [0.4, 0.5) is 0 Å². The first-order valence-corrected chi connectivity index (χ1v) is 6.18. The van der Waals surface area contributed by atoms with E-state index in [1.807, 2.05) is 0 Å². The number of hydrogen-bond donors (Lipinski definition) is 0. The Bertz CT molecular complexity index is 630.